The van der Waals surface area contributed by atoms with Crippen LogP contribution in [-0.2, 0) is 0 Å². The Bertz CT molecular complexity index is 116. The third-order valence-corrected chi connectivity index (χ3v) is 2.67. The lowest BCUT2D eigenvalue weighted by Crippen LogP contribution is -2.51. The van der Waals surface area contributed by atoms with E-state index >= 15 is 0 Å². The number of hydrogen-bond donors (Lipinski definition) is 2. The van der Waals surface area contributed by atoms with Crippen molar-refractivity contribution in [1.29, 1.82) is 0 Å². The van der Waals surface area contributed by atoms with Crippen LogP contribution in [0.2, 0.25) is 0 Å². The van der Waals surface area contributed by atoms with E-state index in [1.54, 1.807) is 0 Å². The Kier molecular flexibility index (Phi) is 1.08. The minimum atomic E-state index is 0.526. The fourth-order valence-corrected chi connectivity index (χ4v) is 1.75. The van der Waals surface area contributed by atoms with Crippen molar-refractivity contribution in [3.05, 3.63) is 0 Å². The molecule has 2 heteroatoms. The van der Waals surface area contributed by atoms with Gasteiger partial charge in [-0.25, -0.2) is 0 Å². The van der Waals surface area contributed by atoms with E-state index in [4.69, 9.17) is 0 Å². The zero-order chi connectivity index (χ0) is 6.32. The summed E-state index contributed by atoms with van der Waals surface area (Å²) < 4.78 is 0. The number of nitrogens with one attached hydrogen (secondary N) is 2. The molecule has 2 aliphatic rings. The van der Waals surface area contributed by atoms with Gasteiger partial charge in [0.2, 0.25) is 0 Å². The van der Waals surface area contributed by atoms with Gasteiger partial charge in [0.05, 0.1) is 0 Å². The molecule has 0 aromatic rings. The van der Waals surface area contributed by atoms with Gasteiger partial charge in [0.1, 0.15) is 0 Å². The molecular formula is C7H14N2. The second-order valence-corrected chi connectivity index (χ2v) is 3.36. The highest BCUT2D eigenvalue weighted by molar-refractivity contribution is 5.11. The highest BCUT2D eigenvalue weighted by Crippen LogP contribution is 2.42. The number of hydrogen-bond acceptors (Lipinski definition) is 2. The molecule has 0 bridgehead atoms. The summed E-state index contributed by atoms with van der Waals surface area (Å²) in [7, 11) is 0. The fourth-order valence-electron chi connectivity index (χ4n) is 1.75. The third-order valence-electron chi connectivity index (χ3n) is 2.67. The van der Waals surface area contributed by atoms with Crippen LogP contribution in [-0.4, -0.2) is 25.2 Å². The summed E-state index contributed by atoms with van der Waals surface area (Å²) in [5.74, 6) is 0.908. The summed E-state index contributed by atoms with van der Waals surface area (Å²) in [6.45, 7) is 5.81. The van der Waals surface area contributed by atoms with Crippen molar-refractivity contribution in [3.8, 4) is 0 Å². The molecule has 0 aromatic heterocycles. The summed E-state index contributed by atoms with van der Waals surface area (Å²) in [5, 5.41) is 6.96. The van der Waals surface area contributed by atoms with Crippen LogP contribution in [0.4, 0.5) is 0 Å². The van der Waals surface area contributed by atoms with Crippen molar-refractivity contribution >= 4 is 0 Å². The van der Waals surface area contributed by atoms with Gasteiger partial charge in [-0.3, -0.25) is 0 Å². The molecule has 1 heterocycles. The smallest absolute Gasteiger partial charge is 0.0336 e. The van der Waals surface area contributed by atoms with E-state index in [0.29, 0.717) is 5.54 Å². The van der Waals surface area contributed by atoms with Crippen LogP contribution in [0.1, 0.15) is 13.3 Å². The highest BCUT2D eigenvalue weighted by Gasteiger charge is 2.50. The maximum absolute atomic E-state index is 3.56. The van der Waals surface area contributed by atoms with E-state index < -0.39 is 0 Å². The second kappa shape index (κ2) is 1.70. The molecule has 2 rings (SSSR count). The van der Waals surface area contributed by atoms with E-state index in [1.165, 1.54) is 13.0 Å². The first-order valence-electron chi connectivity index (χ1n) is 3.79. The molecule has 2 atom stereocenters. The van der Waals surface area contributed by atoms with E-state index in [1.807, 2.05) is 0 Å². The maximum atomic E-state index is 3.56. The van der Waals surface area contributed by atoms with Crippen LogP contribution in [0.5, 0.6) is 0 Å². The molecule has 1 aliphatic heterocycles. The lowest BCUT2D eigenvalue weighted by atomic mass is 10.2. The largest absolute Gasteiger partial charge is 0.314 e. The summed E-state index contributed by atoms with van der Waals surface area (Å²) in [6.07, 6.45) is 1.38. The quantitative estimate of drug-likeness (QED) is 0.476. The fraction of sp³-hybridized carbons (Fsp3) is 1.00. The first-order valence-corrected chi connectivity index (χ1v) is 3.79. The maximum Gasteiger partial charge on any atom is 0.0336 e. The van der Waals surface area contributed by atoms with E-state index in [0.717, 1.165) is 19.0 Å². The summed E-state index contributed by atoms with van der Waals surface area (Å²) >= 11 is 0. The van der Waals surface area contributed by atoms with Gasteiger partial charge in [-0.2, -0.15) is 0 Å². The monoisotopic (exact) mass is 126 g/mol. The molecule has 1 saturated carbocycles. The Labute approximate surface area is 56.0 Å². The SMILES string of the molecule is CC1CC12CNCCN2. The van der Waals surface area contributed by atoms with Gasteiger partial charge in [-0.05, 0) is 12.3 Å². The van der Waals surface area contributed by atoms with Crippen molar-refractivity contribution in [2.75, 3.05) is 19.6 Å². The van der Waals surface area contributed by atoms with Crippen molar-refractivity contribution in [3.63, 3.8) is 0 Å². The van der Waals surface area contributed by atoms with E-state index in [-0.39, 0.29) is 0 Å². The van der Waals surface area contributed by atoms with Gasteiger partial charge in [-0.15, -0.1) is 0 Å². The Morgan fingerprint density at radius 1 is 1.44 bits per heavy atom. The lowest BCUT2D eigenvalue weighted by molar-refractivity contribution is 0.382. The minimum absolute atomic E-state index is 0.526. The Morgan fingerprint density at radius 2 is 2.22 bits per heavy atom. The molecule has 2 N–H and O–H groups in total. The average Bonchev–Trinajstić information content (AvgIpc) is 2.44. The van der Waals surface area contributed by atoms with Crippen molar-refractivity contribution in [1.82, 2.24) is 10.6 Å². The summed E-state index contributed by atoms with van der Waals surface area (Å²) in [5.41, 5.74) is 0.526. The molecule has 9 heavy (non-hydrogen) atoms. The molecule has 2 unspecified atom stereocenters. The van der Waals surface area contributed by atoms with Crippen LogP contribution < -0.4 is 10.6 Å². The predicted octanol–water partition coefficient (Wildman–Crippen LogP) is -0.0422. The predicted molar refractivity (Wildman–Crippen MR) is 37.4 cm³/mol. The molecule has 1 saturated heterocycles. The van der Waals surface area contributed by atoms with Gasteiger partial charge >= 0.3 is 0 Å². The zero-order valence-corrected chi connectivity index (χ0v) is 5.91. The van der Waals surface area contributed by atoms with Gasteiger partial charge in [-0.1, -0.05) is 6.92 Å². The third kappa shape index (κ3) is 0.775. The van der Waals surface area contributed by atoms with Crippen molar-refractivity contribution in [2.24, 2.45) is 5.92 Å². The minimum Gasteiger partial charge on any atom is -0.314 e. The lowest BCUT2D eigenvalue weighted by Gasteiger charge is -2.24. The highest BCUT2D eigenvalue weighted by atomic mass is 15.1. The summed E-state index contributed by atoms with van der Waals surface area (Å²) in [6, 6.07) is 0. The van der Waals surface area contributed by atoms with E-state index in [2.05, 4.69) is 17.6 Å². The molecule has 2 fully saturated rings. The molecule has 0 amide bonds. The van der Waals surface area contributed by atoms with Crippen LogP contribution in [0, 0.1) is 5.92 Å². The first kappa shape index (κ1) is 5.69. The van der Waals surface area contributed by atoms with Crippen LogP contribution in [0.15, 0.2) is 0 Å². The Morgan fingerprint density at radius 3 is 2.56 bits per heavy atom. The van der Waals surface area contributed by atoms with Crippen LogP contribution in [0.3, 0.4) is 0 Å². The van der Waals surface area contributed by atoms with Gasteiger partial charge in [0.25, 0.3) is 0 Å². The standard InChI is InChI=1S/C7H14N2/c1-6-4-7(6)5-8-2-3-9-7/h6,8-9H,2-5H2,1H3. The normalized spacial score (nSPS) is 49.7. The van der Waals surface area contributed by atoms with E-state index in [9.17, 15) is 0 Å². The van der Waals surface area contributed by atoms with Crippen LogP contribution in [0.25, 0.3) is 0 Å². The topological polar surface area (TPSA) is 24.1 Å². The van der Waals surface area contributed by atoms with Crippen LogP contribution >= 0.6 is 0 Å². The molecule has 1 spiro atoms. The molecule has 1 aliphatic carbocycles. The molecular weight excluding hydrogens is 112 g/mol. The zero-order valence-electron chi connectivity index (χ0n) is 5.91. The second-order valence-electron chi connectivity index (χ2n) is 3.36. The average molecular weight is 126 g/mol. The van der Waals surface area contributed by atoms with Gasteiger partial charge in [0.15, 0.2) is 0 Å². The Hall–Kier alpha value is -0.0800. The van der Waals surface area contributed by atoms with Crippen molar-refractivity contribution in [2.45, 2.75) is 18.9 Å². The number of piperazine rings is 1. The van der Waals surface area contributed by atoms with Gasteiger partial charge in [0, 0.05) is 25.2 Å². The Balaban J connectivity index is 1.97. The van der Waals surface area contributed by atoms with Gasteiger partial charge < -0.3 is 10.6 Å². The molecule has 52 valence electrons. The first-order chi connectivity index (χ1) is 4.33. The summed E-state index contributed by atoms with van der Waals surface area (Å²) in [4.78, 5) is 0. The molecule has 0 aromatic carbocycles. The van der Waals surface area contributed by atoms with Crippen molar-refractivity contribution < 1.29 is 0 Å². The molecule has 2 nitrogen and oxygen atoms in total. The number of rotatable bonds is 0. The molecule has 0 radical (unpaired) electrons.